The van der Waals surface area contributed by atoms with Gasteiger partial charge in [0.25, 0.3) is 0 Å². The molecule has 138 valence electrons. The van der Waals surface area contributed by atoms with Crippen molar-refractivity contribution in [1.29, 1.82) is 0 Å². The van der Waals surface area contributed by atoms with E-state index in [1.165, 1.54) is 12.0 Å². The van der Waals surface area contributed by atoms with Gasteiger partial charge >= 0.3 is 0 Å². The molecule has 0 amide bonds. The van der Waals surface area contributed by atoms with Crippen molar-refractivity contribution in [1.82, 2.24) is 14.9 Å². The molecular weight excluding hydrogens is 324 g/mol. The molecule has 2 heterocycles. The molecule has 1 saturated heterocycles. The van der Waals surface area contributed by atoms with Crippen LogP contribution < -0.4 is 5.32 Å². The van der Waals surface area contributed by atoms with Gasteiger partial charge in [-0.25, -0.2) is 9.97 Å². The standard InChI is InChI=1S/C21H28N4O/c1-15-5-7-18(8-6-15)21(26)9-3-4-17-13-25(14-19(17)21)12-16-10-23-20(22-2)24-11-16/h5-8,10-11,17,19,26H,3-4,9,12-14H2,1-2H3,(H,22,23,24)/t17-,19+,21-/m1/s1. The molecule has 1 aromatic heterocycles. The highest BCUT2D eigenvalue weighted by atomic mass is 16.3. The van der Waals surface area contributed by atoms with E-state index in [4.69, 9.17) is 0 Å². The third kappa shape index (κ3) is 3.21. The summed E-state index contributed by atoms with van der Waals surface area (Å²) >= 11 is 0. The summed E-state index contributed by atoms with van der Waals surface area (Å²) in [6, 6.07) is 8.46. The van der Waals surface area contributed by atoms with Crippen LogP contribution in [-0.2, 0) is 12.1 Å². The Morgan fingerprint density at radius 3 is 2.62 bits per heavy atom. The Morgan fingerprint density at radius 1 is 1.19 bits per heavy atom. The number of nitrogens with zero attached hydrogens (tertiary/aromatic N) is 3. The number of aryl methyl sites for hydroxylation is 1. The van der Waals surface area contributed by atoms with Crippen LogP contribution in [0.1, 0.15) is 36.0 Å². The Morgan fingerprint density at radius 2 is 1.92 bits per heavy atom. The van der Waals surface area contributed by atoms with Gasteiger partial charge in [-0.2, -0.15) is 0 Å². The lowest BCUT2D eigenvalue weighted by molar-refractivity contribution is -0.0648. The summed E-state index contributed by atoms with van der Waals surface area (Å²) in [5, 5.41) is 14.5. The normalized spacial score (nSPS) is 28.7. The van der Waals surface area contributed by atoms with E-state index < -0.39 is 5.60 Å². The quantitative estimate of drug-likeness (QED) is 0.886. The number of hydrogen-bond donors (Lipinski definition) is 2. The third-order valence-electron chi connectivity index (χ3n) is 6.15. The largest absolute Gasteiger partial charge is 0.385 e. The van der Waals surface area contributed by atoms with E-state index in [9.17, 15) is 5.11 Å². The molecule has 2 aromatic rings. The number of fused-ring (bicyclic) bond motifs is 1. The van der Waals surface area contributed by atoms with Gasteiger partial charge in [0, 0.05) is 50.6 Å². The summed E-state index contributed by atoms with van der Waals surface area (Å²) in [6.07, 6.45) is 6.97. The molecule has 0 bridgehead atoms. The van der Waals surface area contributed by atoms with Crippen molar-refractivity contribution >= 4 is 5.95 Å². The van der Waals surface area contributed by atoms with Crippen LogP contribution >= 0.6 is 0 Å². The Bertz CT molecular complexity index is 746. The lowest BCUT2D eigenvalue weighted by atomic mass is 9.67. The molecule has 1 aliphatic heterocycles. The van der Waals surface area contributed by atoms with Crippen LogP contribution in [0.2, 0.25) is 0 Å². The highest BCUT2D eigenvalue weighted by Gasteiger charge is 2.49. The SMILES string of the molecule is CNc1ncc(CN2C[C@H]3CCC[C@@](O)(c4ccc(C)cc4)[C@H]3C2)cn1. The molecule has 2 aliphatic rings. The Labute approximate surface area is 155 Å². The van der Waals surface area contributed by atoms with E-state index in [0.717, 1.165) is 43.6 Å². The molecule has 1 saturated carbocycles. The number of anilines is 1. The van der Waals surface area contributed by atoms with Crippen LogP contribution in [0.4, 0.5) is 5.95 Å². The zero-order chi connectivity index (χ0) is 18.1. The van der Waals surface area contributed by atoms with E-state index in [0.29, 0.717) is 17.8 Å². The second kappa shape index (κ2) is 6.97. The van der Waals surface area contributed by atoms with Gasteiger partial charge in [-0.3, -0.25) is 4.90 Å². The lowest BCUT2D eigenvalue weighted by Gasteiger charge is -2.41. The summed E-state index contributed by atoms with van der Waals surface area (Å²) in [7, 11) is 1.83. The van der Waals surface area contributed by atoms with Gasteiger partial charge in [0.2, 0.25) is 5.95 Å². The summed E-state index contributed by atoms with van der Waals surface area (Å²) in [5.41, 5.74) is 2.75. The topological polar surface area (TPSA) is 61.3 Å². The maximum absolute atomic E-state index is 11.6. The van der Waals surface area contributed by atoms with Crippen molar-refractivity contribution in [3.63, 3.8) is 0 Å². The predicted octanol–water partition coefficient (Wildman–Crippen LogP) is 2.95. The van der Waals surface area contributed by atoms with Gasteiger partial charge in [-0.15, -0.1) is 0 Å². The number of rotatable bonds is 4. The second-order valence-corrected chi connectivity index (χ2v) is 7.91. The summed E-state index contributed by atoms with van der Waals surface area (Å²) in [6.45, 7) is 4.92. The van der Waals surface area contributed by atoms with Gasteiger partial charge in [-0.05, 0) is 37.7 Å². The van der Waals surface area contributed by atoms with Gasteiger partial charge in [-0.1, -0.05) is 29.8 Å². The average Bonchev–Trinajstić information content (AvgIpc) is 3.07. The molecule has 2 fully saturated rings. The monoisotopic (exact) mass is 352 g/mol. The van der Waals surface area contributed by atoms with Crippen molar-refractivity contribution in [2.45, 2.75) is 38.3 Å². The smallest absolute Gasteiger partial charge is 0.222 e. The van der Waals surface area contributed by atoms with Crippen LogP contribution in [0.3, 0.4) is 0 Å². The number of hydrogen-bond acceptors (Lipinski definition) is 5. The summed E-state index contributed by atoms with van der Waals surface area (Å²) in [4.78, 5) is 11.1. The predicted molar refractivity (Wildman–Crippen MR) is 103 cm³/mol. The van der Waals surface area contributed by atoms with Crippen LogP contribution in [0.5, 0.6) is 0 Å². The van der Waals surface area contributed by atoms with Crippen molar-refractivity contribution in [2.24, 2.45) is 11.8 Å². The number of benzene rings is 1. The molecule has 3 atom stereocenters. The molecular formula is C21H28N4O. The number of nitrogens with one attached hydrogen (secondary N) is 1. The fraction of sp³-hybridized carbons (Fsp3) is 0.524. The Hall–Kier alpha value is -1.98. The van der Waals surface area contributed by atoms with Crippen LogP contribution in [0.25, 0.3) is 0 Å². The lowest BCUT2D eigenvalue weighted by Crippen LogP contribution is -2.42. The summed E-state index contributed by atoms with van der Waals surface area (Å²) in [5.74, 6) is 1.52. The minimum atomic E-state index is -0.697. The molecule has 5 nitrogen and oxygen atoms in total. The highest BCUT2D eigenvalue weighted by Crippen LogP contribution is 2.48. The zero-order valence-corrected chi connectivity index (χ0v) is 15.7. The molecule has 0 radical (unpaired) electrons. The van der Waals surface area contributed by atoms with Crippen molar-refractivity contribution in [3.05, 3.63) is 53.3 Å². The van der Waals surface area contributed by atoms with E-state index in [1.807, 2.05) is 19.4 Å². The van der Waals surface area contributed by atoms with Crippen LogP contribution in [0.15, 0.2) is 36.7 Å². The Kier molecular flexibility index (Phi) is 4.67. The zero-order valence-electron chi connectivity index (χ0n) is 15.7. The highest BCUT2D eigenvalue weighted by molar-refractivity contribution is 5.29. The Balaban J connectivity index is 1.51. The third-order valence-corrected chi connectivity index (χ3v) is 6.15. The van der Waals surface area contributed by atoms with Gasteiger partial charge in [0.1, 0.15) is 0 Å². The first kappa shape index (κ1) is 17.4. The van der Waals surface area contributed by atoms with Crippen LogP contribution in [-0.4, -0.2) is 40.1 Å². The van der Waals surface area contributed by atoms with Crippen molar-refractivity contribution in [3.8, 4) is 0 Å². The fourth-order valence-corrected chi connectivity index (χ4v) is 4.77. The number of likely N-dealkylation sites (tertiary alicyclic amines) is 1. The first-order valence-corrected chi connectivity index (χ1v) is 9.59. The minimum Gasteiger partial charge on any atom is -0.385 e. The average molecular weight is 352 g/mol. The first-order chi connectivity index (χ1) is 12.6. The second-order valence-electron chi connectivity index (χ2n) is 7.91. The van der Waals surface area contributed by atoms with E-state index >= 15 is 0 Å². The molecule has 0 spiro atoms. The molecule has 1 aromatic carbocycles. The fourth-order valence-electron chi connectivity index (χ4n) is 4.77. The minimum absolute atomic E-state index is 0.302. The van der Waals surface area contributed by atoms with Gasteiger partial charge < -0.3 is 10.4 Å². The molecule has 2 N–H and O–H groups in total. The molecule has 5 heteroatoms. The van der Waals surface area contributed by atoms with Crippen molar-refractivity contribution in [2.75, 3.05) is 25.5 Å². The first-order valence-electron chi connectivity index (χ1n) is 9.59. The maximum Gasteiger partial charge on any atom is 0.222 e. The maximum atomic E-state index is 11.6. The molecule has 4 rings (SSSR count). The van der Waals surface area contributed by atoms with E-state index in [1.54, 1.807) is 0 Å². The molecule has 0 unspecified atom stereocenters. The van der Waals surface area contributed by atoms with Gasteiger partial charge in [0.05, 0.1) is 5.60 Å². The molecule has 1 aliphatic carbocycles. The van der Waals surface area contributed by atoms with E-state index in [2.05, 4.69) is 51.4 Å². The molecule has 26 heavy (non-hydrogen) atoms. The number of aromatic nitrogens is 2. The number of aliphatic hydroxyl groups is 1. The van der Waals surface area contributed by atoms with Crippen LogP contribution in [0, 0.1) is 18.8 Å². The van der Waals surface area contributed by atoms with E-state index in [-0.39, 0.29) is 0 Å². The van der Waals surface area contributed by atoms with Crippen molar-refractivity contribution < 1.29 is 5.11 Å². The van der Waals surface area contributed by atoms with Gasteiger partial charge in [0.15, 0.2) is 0 Å². The summed E-state index contributed by atoms with van der Waals surface area (Å²) < 4.78 is 0.